The predicted octanol–water partition coefficient (Wildman–Crippen LogP) is 0.916. The number of fused-ring (bicyclic) bond motifs is 1. The van der Waals surface area contributed by atoms with Crippen molar-refractivity contribution in [3.8, 4) is 0 Å². The summed E-state index contributed by atoms with van der Waals surface area (Å²) in [4.78, 5) is 18.1. The zero-order valence-electron chi connectivity index (χ0n) is 10.7. The summed E-state index contributed by atoms with van der Waals surface area (Å²) < 4.78 is 0. The molecule has 1 saturated heterocycles. The number of imidazole rings is 1. The smallest absolute Gasteiger partial charge is 0.182 e. The van der Waals surface area contributed by atoms with E-state index < -0.39 is 0 Å². The van der Waals surface area contributed by atoms with Gasteiger partial charge in [0.15, 0.2) is 11.5 Å². The molecule has 3 rings (SSSR count). The molecule has 1 unspecified atom stereocenters. The van der Waals surface area contributed by atoms with E-state index >= 15 is 0 Å². The summed E-state index contributed by atoms with van der Waals surface area (Å²) in [6.45, 7) is 6.24. The fourth-order valence-electron chi connectivity index (χ4n) is 2.55. The molecule has 2 aromatic rings. The summed E-state index contributed by atoms with van der Waals surface area (Å²) in [5, 5.41) is 0. The second-order valence-electron chi connectivity index (χ2n) is 5.60. The van der Waals surface area contributed by atoms with Gasteiger partial charge in [0.05, 0.1) is 6.33 Å². The van der Waals surface area contributed by atoms with E-state index in [1.54, 1.807) is 12.7 Å². The average Bonchev–Trinajstić information content (AvgIpc) is 2.80. The van der Waals surface area contributed by atoms with Crippen LogP contribution in [-0.4, -0.2) is 39.1 Å². The molecule has 3 heterocycles. The number of hydrogen-bond acceptors (Lipinski definition) is 5. The number of H-pyrrole nitrogens is 1. The lowest BCUT2D eigenvalue weighted by atomic mass is 9.80. The molecule has 0 saturated carbocycles. The maximum absolute atomic E-state index is 6.17. The largest absolute Gasteiger partial charge is 0.354 e. The molecule has 0 radical (unpaired) electrons. The number of nitrogens with one attached hydrogen (secondary N) is 1. The quantitative estimate of drug-likeness (QED) is 0.781. The minimum absolute atomic E-state index is 0.0928. The minimum atomic E-state index is 0.0928. The summed E-state index contributed by atoms with van der Waals surface area (Å²) in [6, 6.07) is 0.243. The molecular weight excluding hydrogens is 228 g/mol. The van der Waals surface area contributed by atoms with Gasteiger partial charge < -0.3 is 15.6 Å². The van der Waals surface area contributed by atoms with Crippen molar-refractivity contribution in [2.75, 3.05) is 18.0 Å². The molecule has 0 amide bonds. The fourth-order valence-corrected chi connectivity index (χ4v) is 2.55. The average molecular weight is 246 g/mol. The standard InChI is InChI=1S/C12H18N6/c1-12(2)5-18(4-3-8(12)13)11-9-10(15-6-14-9)16-7-17-11/h6-8H,3-5,13H2,1-2H3,(H,14,15,16,17). The number of nitrogens with zero attached hydrogens (tertiary/aromatic N) is 4. The van der Waals surface area contributed by atoms with Crippen LogP contribution >= 0.6 is 0 Å². The van der Waals surface area contributed by atoms with E-state index in [1.807, 2.05) is 0 Å². The molecule has 1 aliphatic rings. The molecule has 0 spiro atoms. The van der Waals surface area contributed by atoms with E-state index in [1.165, 1.54) is 0 Å². The zero-order valence-corrected chi connectivity index (χ0v) is 10.7. The van der Waals surface area contributed by atoms with Crippen molar-refractivity contribution in [1.29, 1.82) is 0 Å². The summed E-state index contributed by atoms with van der Waals surface area (Å²) in [7, 11) is 0. The monoisotopic (exact) mass is 246 g/mol. The first-order chi connectivity index (χ1) is 8.58. The molecule has 2 aromatic heterocycles. The van der Waals surface area contributed by atoms with E-state index in [2.05, 4.69) is 38.7 Å². The van der Waals surface area contributed by atoms with Gasteiger partial charge in [0.25, 0.3) is 0 Å². The first kappa shape index (κ1) is 11.4. The van der Waals surface area contributed by atoms with Gasteiger partial charge in [-0.1, -0.05) is 13.8 Å². The number of aromatic amines is 1. The SMILES string of the molecule is CC1(C)CN(c2ncnc3nc[nH]c23)CCC1N. The predicted molar refractivity (Wildman–Crippen MR) is 70.3 cm³/mol. The van der Waals surface area contributed by atoms with Crippen LogP contribution in [0.3, 0.4) is 0 Å². The Bertz CT molecular complexity index is 560. The van der Waals surface area contributed by atoms with E-state index in [4.69, 9.17) is 5.73 Å². The van der Waals surface area contributed by atoms with Gasteiger partial charge in [-0.05, 0) is 11.8 Å². The van der Waals surface area contributed by atoms with Crippen molar-refractivity contribution in [1.82, 2.24) is 19.9 Å². The van der Waals surface area contributed by atoms with Crippen molar-refractivity contribution in [2.45, 2.75) is 26.3 Å². The lowest BCUT2D eigenvalue weighted by molar-refractivity contribution is 0.244. The molecule has 1 atom stereocenters. The third-order valence-electron chi connectivity index (χ3n) is 3.81. The van der Waals surface area contributed by atoms with Gasteiger partial charge in [0.1, 0.15) is 11.8 Å². The second kappa shape index (κ2) is 3.91. The van der Waals surface area contributed by atoms with Crippen LogP contribution in [0.2, 0.25) is 0 Å². The van der Waals surface area contributed by atoms with Crippen molar-refractivity contribution in [3.05, 3.63) is 12.7 Å². The van der Waals surface area contributed by atoms with Gasteiger partial charge >= 0.3 is 0 Å². The van der Waals surface area contributed by atoms with Crippen LogP contribution in [0.4, 0.5) is 5.82 Å². The number of hydrogen-bond donors (Lipinski definition) is 2. The highest BCUT2D eigenvalue weighted by atomic mass is 15.2. The summed E-state index contributed by atoms with van der Waals surface area (Å²) in [6.07, 6.45) is 4.20. The molecule has 3 N–H and O–H groups in total. The Balaban J connectivity index is 1.98. The van der Waals surface area contributed by atoms with Crippen molar-refractivity contribution in [2.24, 2.45) is 11.1 Å². The number of nitrogens with two attached hydrogens (primary N) is 1. The van der Waals surface area contributed by atoms with Gasteiger partial charge in [-0.15, -0.1) is 0 Å². The van der Waals surface area contributed by atoms with Gasteiger partial charge in [0, 0.05) is 19.1 Å². The van der Waals surface area contributed by atoms with Gasteiger partial charge in [-0.25, -0.2) is 15.0 Å². The van der Waals surface area contributed by atoms with Crippen LogP contribution in [0, 0.1) is 5.41 Å². The number of aromatic nitrogens is 4. The normalized spacial score (nSPS) is 23.5. The van der Waals surface area contributed by atoms with Crippen LogP contribution in [0.25, 0.3) is 11.2 Å². The van der Waals surface area contributed by atoms with E-state index in [9.17, 15) is 0 Å². The molecule has 1 fully saturated rings. The molecule has 18 heavy (non-hydrogen) atoms. The lowest BCUT2D eigenvalue weighted by Crippen LogP contribution is -2.52. The Kier molecular flexibility index (Phi) is 2.48. The molecule has 6 heteroatoms. The van der Waals surface area contributed by atoms with Crippen LogP contribution < -0.4 is 10.6 Å². The number of anilines is 1. The van der Waals surface area contributed by atoms with Crippen molar-refractivity contribution in [3.63, 3.8) is 0 Å². The summed E-state index contributed by atoms with van der Waals surface area (Å²) >= 11 is 0. The van der Waals surface area contributed by atoms with E-state index in [-0.39, 0.29) is 11.5 Å². The molecule has 96 valence electrons. The minimum Gasteiger partial charge on any atom is -0.354 e. The molecule has 6 nitrogen and oxygen atoms in total. The molecule has 0 bridgehead atoms. The lowest BCUT2D eigenvalue weighted by Gasteiger charge is -2.43. The Morgan fingerprint density at radius 3 is 3.00 bits per heavy atom. The number of piperidine rings is 1. The van der Waals surface area contributed by atoms with Crippen LogP contribution in [0.15, 0.2) is 12.7 Å². The molecule has 1 aliphatic heterocycles. The highest BCUT2D eigenvalue weighted by Gasteiger charge is 2.34. The van der Waals surface area contributed by atoms with Crippen LogP contribution in [0.1, 0.15) is 20.3 Å². The highest BCUT2D eigenvalue weighted by Crippen LogP contribution is 2.31. The highest BCUT2D eigenvalue weighted by molar-refractivity contribution is 5.82. The van der Waals surface area contributed by atoms with Gasteiger partial charge in [0.2, 0.25) is 0 Å². The maximum Gasteiger partial charge on any atom is 0.182 e. The van der Waals surface area contributed by atoms with Crippen molar-refractivity contribution >= 4 is 17.0 Å². The topological polar surface area (TPSA) is 83.7 Å². The summed E-state index contributed by atoms with van der Waals surface area (Å²) in [5.41, 5.74) is 7.88. The van der Waals surface area contributed by atoms with E-state index in [0.717, 1.165) is 30.8 Å². The molecule has 0 aliphatic carbocycles. The van der Waals surface area contributed by atoms with Gasteiger partial charge in [-0.2, -0.15) is 0 Å². The molecular formula is C12H18N6. The third-order valence-corrected chi connectivity index (χ3v) is 3.81. The first-order valence-electron chi connectivity index (χ1n) is 6.22. The van der Waals surface area contributed by atoms with E-state index in [0.29, 0.717) is 5.65 Å². The van der Waals surface area contributed by atoms with Crippen molar-refractivity contribution < 1.29 is 0 Å². The Hall–Kier alpha value is -1.69. The fraction of sp³-hybridized carbons (Fsp3) is 0.583. The zero-order chi connectivity index (χ0) is 12.8. The Morgan fingerprint density at radius 1 is 1.39 bits per heavy atom. The molecule has 0 aromatic carbocycles. The third kappa shape index (κ3) is 1.73. The maximum atomic E-state index is 6.17. The summed E-state index contributed by atoms with van der Waals surface area (Å²) in [5.74, 6) is 0.928. The second-order valence-corrected chi connectivity index (χ2v) is 5.60. The number of rotatable bonds is 1. The van der Waals surface area contributed by atoms with Crippen LogP contribution in [-0.2, 0) is 0 Å². The Labute approximate surface area is 106 Å². The van der Waals surface area contributed by atoms with Crippen LogP contribution in [0.5, 0.6) is 0 Å². The Morgan fingerprint density at radius 2 is 2.22 bits per heavy atom. The first-order valence-corrected chi connectivity index (χ1v) is 6.22. The van der Waals surface area contributed by atoms with Gasteiger partial charge in [-0.3, -0.25) is 0 Å².